The second kappa shape index (κ2) is 6.51. The molecule has 2 N–H and O–H groups in total. The molecule has 3 rings (SSSR count). The van der Waals surface area contributed by atoms with Crippen molar-refractivity contribution in [1.29, 1.82) is 0 Å². The fourth-order valence-electron chi connectivity index (χ4n) is 2.40. The maximum atomic E-state index is 12.4. The van der Waals surface area contributed by atoms with E-state index in [1.165, 1.54) is 17.7 Å². The molecular weight excluding hydrogens is 344 g/mol. The maximum absolute atomic E-state index is 12.4. The first kappa shape index (κ1) is 16.9. The molecule has 0 atom stereocenters. The highest BCUT2D eigenvalue weighted by molar-refractivity contribution is 6.02. The molecule has 3 aromatic rings. The number of amides is 1. The SMILES string of the molecule is Cn1c(=O)c(C(=O)N/N=C\c2ccc([N+](=O)[O-])o2)c(O)c2ccccc21. The summed E-state index contributed by atoms with van der Waals surface area (Å²) >= 11 is 0. The van der Waals surface area contributed by atoms with Gasteiger partial charge in [0, 0.05) is 12.4 Å². The molecule has 1 amide bonds. The highest BCUT2D eigenvalue weighted by Gasteiger charge is 2.20. The Bertz CT molecular complexity index is 1110. The van der Waals surface area contributed by atoms with Crippen LogP contribution in [0.2, 0.25) is 0 Å². The van der Waals surface area contributed by atoms with Crippen LogP contribution in [0, 0.1) is 10.1 Å². The minimum Gasteiger partial charge on any atom is -0.506 e. The number of fused-ring (bicyclic) bond motifs is 1. The first-order valence-electron chi connectivity index (χ1n) is 7.28. The van der Waals surface area contributed by atoms with Gasteiger partial charge in [0.15, 0.2) is 5.76 Å². The van der Waals surface area contributed by atoms with E-state index in [0.717, 1.165) is 12.3 Å². The van der Waals surface area contributed by atoms with Crippen LogP contribution >= 0.6 is 0 Å². The fraction of sp³-hybridized carbons (Fsp3) is 0.0625. The molecule has 2 aromatic heterocycles. The number of para-hydroxylation sites is 1. The highest BCUT2D eigenvalue weighted by Crippen LogP contribution is 2.25. The Kier molecular flexibility index (Phi) is 4.23. The number of hydrazone groups is 1. The average molecular weight is 356 g/mol. The third-order valence-corrected chi connectivity index (χ3v) is 3.65. The molecule has 0 saturated carbocycles. The number of benzene rings is 1. The van der Waals surface area contributed by atoms with Crippen LogP contribution in [0.15, 0.2) is 50.7 Å². The van der Waals surface area contributed by atoms with Crippen molar-refractivity contribution in [3.8, 4) is 5.75 Å². The first-order chi connectivity index (χ1) is 12.4. The number of aromatic nitrogens is 1. The Balaban J connectivity index is 1.89. The summed E-state index contributed by atoms with van der Waals surface area (Å²) < 4.78 is 6.08. The van der Waals surface area contributed by atoms with Crippen molar-refractivity contribution in [2.75, 3.05) is 0 Å². The molecule has 10 nitrogen and oxygen atoms in total. The average Bonchev–Trinajstić information content (AvgIpc) is 3.09. The van der Waals surface area contributed by atoms with Crippen LogP contribution < -0.4 is 11.0 Å². The Morgan fingerprint density at radius 3 is 2.77 bits per heavy atom. The molecule has 0 unspecified atom stereocenters. The number of carbonyl (C=O) groups is 1. The summed E-state index contributed by atoms with van der Waals surface area (Å²) in [4.78, 5) is 34.4. The van der Waals surface area contributed by atoms with E-state index in [4.69, 9.17) is 4.42 Å². The van der Waals surface area contributed by atoms with Gasteiger partial charge in [0.2, 0.25) is 0 Å². The summed E-state index contributed by atoms with van der Waals surface area (Å²) in [5, 5.41) is 24.7. The number of carbonyl (C=O) groups excluding carboxylic acids is 1. The number of pyridine rings is 1. The quantitative estimate of drug-likeness (QED) is 0.412. The number of aryl methyl sites for hydroxylation is 1. The van der Waals surface area contributed by atoms with Crippen LogP contribution in [0.5, 0.6) is 5.75 Å². The molecule has 0 bridgehead atoms. The summed E-state index contributed by atoms with van der Waals surface area (Å²) in [6, 6.07) is 9.00. The van der Waals surface area contributed by atoms with Gasteiger partial charge in [-0.15, -0.1) is 0 Å². The summed E-state index contributed by atoms with van der Waals surface area (Å²) in [5.74, 6) is -1.82. The molecule has 0 aliphatic carbocycles. The molecule has 2 heterocycles. The number of furan rings is 1. The number of nitrogens with zero attached hydrogens (tertiary/aromatic N) is 3. The zero-order valence-electron chi connectivity index (χ0n) is 13.4. The van der Waals surface area contributed by atoms with Gasteiger partial charge in [-0.05, 0) is 18.2 Å². The Hall–Kier alpha value is -3.95. The van der Waals surface area contributed by atoms with E-state index in [-0.39, 0.29) is 5.76 Å². The van der Waals surface area contributed by atoms with Gasteiger partial charge in [-0.3, -0.25) is 19.7 Å². The molecule has 1 aromatic carbocycles. The van der Waals surface area contributed by atoms with Gasteiger partial charge in [0.1, 0.15) is 16.2 Å². The predicted molar refractivity (Wildman–Crippen MR) is 91.3 cm³/mol. The summed E-state index contributed by atoms with van der Waals surface area (Å²) in [7, 11) is 1.48. The zero-order chi connectivity index (χ0) is 18.8. The first-order valence-corrected chi connectivity index (χ1v) is 7.28. The molecule has 0 radical (unpaired) electrons. The van der Waals surface area contributed by atoms with Gasteiger partial charge in [-0.25, -0.2) is 5.43 Å². The van der Waals surface area contributed by atoms with Crippen molar-refractivity contribution in [2.45, 2.75) is 0 Å². The molecule has 132 valence electrons. The number of nitro groups is 1. The van der Waals surface area contributed by atoms with Gasteiger partial charge in [0.05, 0.1) is 17.8 Å². The third-order valence-electron chi connectivity index (χ3n) is 3.65. The molecular formula is C16H12N4O6. The normalized spacial score (nSPS) is 11.1. The smallest absolute Gasteiger partial charge is 0.433 e. The number of nitrogens with one attached hydrogen (secondary N) is 1. The molecule has 26 heavy (non-hydrogen) atoms. The number of aromatic hydroxyl groups is 1. The van der Waals surface area contributed by atoms with Crippen LogP contribution in [0.25, 0.3) is 10.9 Å². The monoisotopic (exact) mass is 356 g/mol. The largest absolute Gasteiger partial charge is 0.506 e. The van der Waals surface area contributed by atoms with Crippen molar-refractivity contribution < 1.29 is 19.2 Å². The van der Waals surface area contributed by atoms with Gasteiger partial charge in [-0.1, -0.05) is 12.1 Å². The summed E-state index contributed by atoms with van der Waals surface area (Å²) in [6.07, 6.45) is 1.04. The van der Waals surface area contributed by atoms with E-state index in [1.54, 1.807) is 24.3 Å². The Morgan fingerprint density at radius 2 is 2.08 bits per heavy atom. The van der Waals surface area contributed by atoms with Crippen molar-refractivity contribution in [2.24, 2.45) is 12.1 Å². The Morgan fingerprint density at radius 1 is 1.35 bits per heavy atom. The molecule has 10 heteroatoms. The standard InChI is InChI=1S/C16H12N4O6/c1-19-11-5-3-2-4-10(11)14(21)13(16(19)23)15(22)18-17-8-9-6-7-12(26-9)20(24)25/h2-8,21H,1H3,(H,18,22)/b17-8-. The Labute approximate surface area is 145 Å². The highest BCUT2D eigenvalue weighted by atomic mass is 16.6. The van der Waals surface area contributed by atoms with E-state index in [0.29, 0.717) is 10.9 Å². The van der Waals surface area contributed by atoms with E-state index < -0.39 is 33.6 Å². The van der Waals surface area contributed by atoms with E-state index in [9.17, 15) is 24.8 Å². The molecule has 0 aliphatic heterocycles. The minimum atomic E-state index is -0.925. The van der Waals surface area contributed by atoms with E-state index >= 15 is 0 Å². The van der Waals surface area contributed by atoms with Gasteiger partial charge in [0.25, 0.3) is 11.5 Å². The lowest BCUT2D eigenvalue weighted by atomic mass is 10.1. The lowest BCUT2D eigenvalue weighted by Gasteiger charge is -2.10. The van der Waals surface area contributed by atoms with Crippen LogP contribution in [-0.2, 0) is 7.05 Å². The molecule has 0 spiro atoms. The van der Waals surface area contributed by atoms with Crippen molar-refractivity contribution in [1.82, 2.24) is 9.99 Å². The van der Waals surface area contributed by atoms with Crippen molar-refractivity contribution >= 4 is 28.9 Å². The predicted octanol–water partition coefficient (Wildman–Crippen LogP) is 1.51. The van der Waals surface area contributed by atoms with E-state index in [1.807, 2.05) is 0 Å². The summed E-state index contributed by atoms with van der Waals surface area (Å²) in [5.41, 5.74) is 1.40. The minimum absolute atomic E-state index is 0.0348. The lowest BCUT2D eigenvalue weighted by Crippen LogP contribution is -2.30. The number of rotatable bonds is 4. The maximum Gasteiger partial charge on any atom is 0.433 e. The van der Waals surface area contributed by atoms with Gasteiger partial charge < -0.3 is 14.1 Å². The second-order valence-corrected chi connectivity index (χ2v) is 5.24. The zero-order valence-corrected chi connectivity index (χ0v) is 13.4. The van der Waals surface area contributed by atoms with Crippen LogP contribution in [-0.4, -0.2) is 26.7 Å². The van der Waals surface area contributed by atoms with Crippen molar-refractivity contribution in [3.63, 3.8) is 0 Å². The topological polar surface area (TPSA) is 140 Å². The van der Waals surface area contributed by atoms with Crippen molar-refractivity contribution in [3.05, 3.63) is 68.2 Å². The van der Waals surface area contributed by atoms with Gasteiger partial charge >= 0.3 is 5.88 Å². The lowest BCUT2D eigenvalue weighted by molar-refractivity contribution is -0.402. The van der Waals surface area contributed by atoms with Gasteiger partial charge in [-0.2, -0.15) is 5.10 Å². The molecule has 0 aliphatic rings. The molecule has 0 saturated heterocycles. The van der Waals surface area contributed by atoms with E-state index in [2.05, 4.69) is 10.5 Å². The molecule has 0 fully saturated rings. The van der Waals surface area contributed by atoms with Crippen LogP contribution in [0.3, 0.4) is 0 Å². The van der Waals surface area contributed by atoms with Crippen LogP contribution in [0.1, 0.15) is 16.1 Å². The van der Waals surface area contributed by atoms with Crippen LogP contribution in [0.4, 0.5) is 5.88 Å². The third kappa shape index (κ3) is 2.90. The summed E-state index contributed by atoms with van der Waals surface area (Å²) in [6.45, 7) is 0. The fourth-order valence-corrected chi connectivity index (χ4v) is 2.40. The second-order valence-electron chi connectivity index (χ2n) is 5.24. The number of hydrogen-bond donors (Lipinski definition) is 2. The number of hydrogen-bond acceptors (Lipinski definition) is 7.